The smallest absolute Gasteiger partial charge is 0.191 e. The van der Waals surface area contributed by atoms with E-state index in [4.69, 9.17) is 23.8 Å². The summed E-state index contributed by atoms with van der Waals surface area (Å²) in [6.45, 7) is 0. The SMILES string of the molecule is S=C(N/N=C/c1ccccc1Cl)Nc1ccccc1. The maximum Gasteiger partial charge on any atom is 0.191 e. The normalized spacial score (nSPS) is 10.4. The summed E-state index contributed by atoms with van der Waals surface area (Å²) in [7, 11) is 0. The van der Waals surface area contributed by atoms with Crippen LogP contribution in [0, 0.1) is 0 Å². The van der Waals surface area contributed by atoms with Gasteiger partial charge in [0.1, 0.15) is 0 Å². The molecule has 2 aromatic carbocycles. The Kier molecular flexibility index (Phi) is 4.89. The summed E-state index contributed by atoms with van der Waals surface area (Å²) < 4.78 is 0. The Morgan fingerprint density at radius 3 is 2.47 bits per heavy atom. The monoisotopic (exact) mass is 289 g/mol. The number of rotatable bonds is 3. The van der Waals surface area contributed by atoms with Gasteiger partial charge in [-0.15, -0.1) is 0 Å². The number of hydrazone groups is 1. The zero-order valence-electron chi connectivity index (χ0n) is 10.0. The Bertz CT molecular complexity index is 584. The molecule has 0 aromatic heterocycles. The molecule has 0 fully saturated rings. The Morgan fingerprint density at radius 2 is 1.74 bits per heavy atom. The van der Waals surface area contributed by atoms with Crippen LogP contribution in [0.5, 0.6) is 0 Å². The van der Waals surface area contributed by atoms with Crippen molar-refractivity contribution < 1.29 is 0 Å². The molecule has 0 saturated carbocycles. The van der Waals surface area contributed by atoms with Crippen molar-refractivity contribution in [1.82, 2.24) is 5.43 Å². The molecule has 0 amide bonds. The molecule has 0 spiro atoms. The maximum atomic E-state index is 6.00. The highest BCUT2D eigenvalue weighted by Crippen LogP contribution is 2.12. The number of thiocarbonyl (C=S) groups is 1. The van der Waals surface area contributed by atoms with Crippen LogP contribution in [0.25, 0.3) is 0 Å². The molecule has 0 unspecified atom stereocenters. The van der Waals surface area contributed by atoms with E-state index in [9.17, 15) is 0 Å². The van der Waals surface area contributed by atoms with E-state index in [2.05, 4.69) is 15.8 Å². The van der Waals surface area contributed by atoms with Crippen LogP contribution in [0.3, 0.4) is 0 Å². The Hall–Kier alpha value is -1.91. The second kappa shape index (κ2) is 6.87. The number of hydrogen-bond acceptors (Lipinski definition) is 2. The maximum absolute atomic E-state index is 6.00. The van der Waals surface area contributed by atoms with E-state index in [-0.39, 0.29) is 0 Å². The number of nitrogens with one attached hydrogen (secondary N) is 2. The van der Waals surface area contributed by atoms with E-state index in [1.807, 2.05) is 54.6 Å². The predicted octanol–water partition coefficient (Wildman–Crippen LogP) is 3.66. The standard InChI is InChI=1S/C14H12ClN3S/c15-13-9-5-4-6-11(13)10-16-18-14(19)17-12-7-2-1-3-8-12/h1-10H,(H2,17,18,19)/b16-10+. The molecule has 96 valence electrons. The fraction of sp³-hybridized carbons (Fsp3) is 0. The van der Waals surface area contributed by atoms with Crippen LogP contribution >= 0.6 is 23.8 Å². The predicted molar refractivity (Wildman–Crippen MR) is 84.8 cm³/mol. The van der Waals surface area contributed by atoms with Crippen molar-refractivity contribution in [3.8, 4) is 0 Å². The minimum Gasteiger partial charge on any atom is -0.331 e. The van der Waals surface area contributed by atoms with Gasteiger partial charge in [0.25, 0.3) is 0 Å². The molecule has 0 aliphatic heterocycles. The average molecular weight is 290 g/mol. The van der Waals surface area contributed by atoms with Crippen LogP contribution in [0.15, 0.2) is 59.7 Å². The fourth-order valence-electron chi connectivity index (χ4n) is 1.42. The van der Waals surface area contributed by atoms with Crippen molar-refractivity contribution in [2.45, 2.75) is 0 Å². The molecule has 2 aromatic rings. The van der Waals surface area contributed by atoms with Crippen molar-refractivity contribution in [1.29, 1.82) is 0 Å². The van der Waals surface area contributed by atoms with Crippen LogP contribution in [0.1, 0.15) is 5.56 Å². The third-order valence-electron chi connectivity index (χ3n) is 2.31. The van der Waals surface area contributed by atoms with Crippen molar-refractivity contribution in [3.63, 3.8) is 0 Å². The lowest BCUT2D eigenvalue weighted by molar-refractivity contribution is 1.05. The molecule has 0 saturated heterocycles. The molecule has 2 rings (SSSR count). The molecule has 5 heteroatoms. The highest BCUT2D eigenvalue weighted by atomic mass is 35.5. The van der Waals surface area contributed by atoms with Crippen molar-refractivity contribution in [2.75, 3.05) is 5.32 Å². The average Bonchev–Trinajstić information content (AvgIpc) is 2.42. The van der Waals surface area contributed by atoms with Gasteiger partial charge in [-0.25, -0.2) is 0 Å². The van der Waals surface area contributed by atoms with Gasteiger partial charge in [-0.05, 0) is 30.4 Å². The molecule has 0 atom stereocenters. The lowest BCUT2D eigenvalue weighted by Crippen LogP contribution is -2.23. The summed E-state index contributed by atoms with van der Waals surface area (Å²) >= 11 is 11.1. The molecular weight excluding hydrogens is 278 g/mol. The number of nitrogens with zero attached hydrogens (tertiary/aromatic N) is 1. The topological polar surface area (TPSA) is 36.4 Å². The third kappa shape index (κ3) is 4.35. The van der Waals surface area contributed by atoms with E-state index in [1.54, 1.807) is 6.21 Å². The first-order chi connectivity index (χ1) is 9.25. The first-order valence-electron chi connectivity index (χ1n) is 5.65. The number of anilines is 1. The van der Waals surface area contributed by atoms with Gasteiger partial charge >= 0.3 is 0 Å². The van der Waals surface area contributed by atoms with E-state index < -0.39 is 0 Å². The Balaban J connectivity index is 1.89. The third-order valence-corrected chi connectivity index (χ3v) is 2.84. The van der Waals surface area contributed by atoms with Gasteiger partial charge < -0.3 is 5.32 Å². The van der Waals surface area contributed by atoms with E-state index in [1.165, 1.54) is 0 Å². The molecule has 3 nitrogen and oxygen atoms in total. The highest BCUT2D eigenvalue weighted by Gasteiger charge is 1.96. The summed E-state index contributed by atoms with van der Waals surface area (Å²) in [6.07, 6.45) is 1.63. The van der Waals surface area contributed by atoms with E-state index in [0.717, 1.165) is 11.3 Å². The van der Waals surface area contributed by atoms with Gasteiger partial charge in [0, 0.05) is 16.3 Å². The van der Waals surface area contributed by atoms with Crippen LogP contribution in [-0.2, 0) is 0 Å². The van der Waals surface area contributed by atoms with Crippen molar-refractivity contribution >= 4 is 40.8 Å². The number of benzene rings is 2. The van der Waals surface area contributed by atoms with Gasteiger partial charge in [0.2, 0.25) is 0 Å². The Morgan fingerprint density at radius 1 is 1.05 bits per heavy atom. The second-order valence-electron chi connectivity index (χ2n) is 3.71. The number of para-hydroxylation sites is 1. The molecule has 0 aliphatic carbocycles. The lowest BCUT2D eigenvalue weighted by Gasteiger charge is -2.06. The summed E-state index contributed by atoms with van der Waals surface area (Å²) in [5, 5.41) is 8.13. The fourth-order valence-corrected chi connectivity index (χ4v) is 1.78. The molecule has 0 bridgehead atoms. The van der Waals surface area contributed by atoms with Gasteiger partial charge in [0.05, 0.1) is 6.21 Å². The van der Waals surface area contributed by atoms with E-state index in [0.29, 0.717) is 10.1 Å². The summed E-state index contributed by atoms with van der Waals surface area (Å²) in [4.78, 5) is 0. The first kappa shape index (κ1) is 13.5. The minimum absolute atomic E-state index is 0.425. The van der Waals surface area contributed by atoms with Crippen molar-refractivity contribution in [3.05, 3.63) is 65.2 Å². The second-order valence-corrected chi connectivity index (χ2v) is 4.53. The van der Waals surface area contributed by atoms with Crippen LogP contribution in [0.4, 0.5) is 5.69 Å². The summed E-state index contributed by atoms with van der Waals surface area (Å²) in [6, 6.07) is 17.1. The molecule has 0 radical (unpaired) electrons. The number of hydrogen-bond donors (Lipinski definition) is 2. The first-order valence-corrected chi connectivity index (χ1v) is 6.44. The molecule has 0 heterocycles. The van der Waals surface area contributed by atoms with Crippen LogP contribution < -0.4 is 10.7 Å². The van der Waals surface area contributed by atoms with Gasteiger partial charge in [0.15, 0.2) is 5.11 Å². The Labute approximate surface area is 122 Å². The lowest BCUT2D eigenvalue weighted by atomic mass is 10.2. The minimum atomic E-state index is 0.425. The van der Waals surface area contributed by atoms with Crippen molar-refractivity contribution in [2.24, 2.45) is 5.10 Å². The van der Waals surface area contributed by atoms with Gasteiger partial charge in [-0.3, -0.25) is 5.43 Å². The van der Waals surface area contributed by atoms with Gasteiger partial charge in [-0.2, -0.15) is 5.10 Å². The molecule has 0 aliphatic rings. The van der Waals surface area contributed by atoms with Gasteiger partial charge in [-0.1, -0.05) is 48.0 Å². The van der Waals surface area contributed by atoms with Crippen LogP contribution in [-0.4, -0.2) is 11.3 Å². The molecule has 19 heavy (non-hydrogen) atoms. The zero-order chi connectivity index (χ0) is 13.5. The largest absolute Gasteiger partial charge is 0.331 e. The highest BCUT2D eigenvalue weighted by molar-refractivity contribution is 7.80. The summed E-state index contributed by atoms with van der Waals surface area (Å²) in [5.74, 6) is 0. The molecule has 2 N–H and O–H groups in total. The number of halogens is 1. The molecular formula is C14H12ClN3S. The quantitative estimate of drug-likeness (QED) is 0.514. The van der Waals surface area contributed by atoms with Crippen LogP contribution in [0.2, 0.25) is 5.02 Å². The zero-order valence-corrected chi connectivity index (χ0v) is 11.6. The van der Waals surface area contributed by atoms with E-state index >= 15 is 0 Å². The summed E-state index contributed by atoms with van der Waals surface area (Å²) in [5.41, 5.74) is 4.48.